The molecule has 0 bridgehead atoms. The second-order valence-corrected chi connectivity index (χ2v) is 28.4. The summed E-state index contributed by atoms with van der Waals surface area (Å²) >= 11 is 0. The standard InChI is InChI=1S/C28H52O5Si3/c1-22(30)19-20-24(32-35(13,14)27(5,6)7)25(33-36(15,16)28(8,9)10)23(18-17-21-29)31-34(11,12)26(2,3)4/h21,23-25H,1-16H3/t23-,24+,25+/m0/s1. The van der Waals surface area contributed by atoms with Crippen molar-refractivity contribution in [3.05, 3.63) is 0 Å². The zero-order valence-corrected chi connectivity index (χ0v) is 28.9. The van der Waals surface area contributed by atoms with Crippen LogP contribution in [-0.2, 0) is 22.9 Å². The van der Waals surface area contributed by atoms with Crippen LogP contribution < -0.4 is 0 Å². The van der Waals surface area contributed by atoms with Crippen LogP contribution in [0, 0.1) is 23.7 Å². The van der Waals surface area contributed by atoms with E-state index in [1.54, 1.807) is 0 Å². The molecule has 0 amide bonds. The lowest BCUT2D eigenvalue weighted by Gasteiger charge is -2.47. The van der Waals surface area contributed by atoms with E-state index in [0.717, 1.165) is 0 Å². The minimum atomic E-state index is -2.37. The summed E-state index contributed by atoms with van der Waals surface area (Å²) in [5.74, 6) is 11.2. The lowest BCUT2D eigenvalue weighted by Crippen LogP contribution is -2.57. The van der Waals surface area contributed by atoms with Crippen LogP contribution in [0.3, 0.4) is 0 Å². The van der Waals surface area contributed by atoms with Crippen LogP contribution in [0.1, 0.15) is 69.2 Å². The van der Waals surface area contributed by atoms with Gasteiger partial charge in [0, 0.05) is 6.92 Å². The molecule has 0 aliphatic rings. The SMILES string of the molecule is CC(=O)C#C[C@@H](O[Si](C)(C)C(C)(C)C)[C@H](O[Si](C)(C)C(C)(C)C)[C@H](C#CC=O)O[Si](C)(C)C(C)(C)C. The number of rotatable bonds is 8. The van der Waals surface area contributed by atoms with Crippen LogP contribution in [0.4, 0.5) is 0 Å². The van der Waals surface area contributed by atoms with Crippen molar-refractivity contribution in [1.82, 2.24) is 0 Å². The summed E-state index contributed by atoms with van der Waals surface area (Å²) < 4.78 is 20.6. The number of carbonyl (C=O) groups is 2. The fraction of sp³-hybridized carbons (Fsp3) is 0.786. The quantitative estimate of drug-likeness (QED) is 0.141. The highest BCUT2D eigenvalue weighted by molar-refractivity contribution is 6.75. The Morgan fingerprint density at radius 1 is 0.667 bits per heavy atom. The van der Waals surface area contributed by atoms with Gasteiger partial charge in [0.25, 0.3) is 0 Å². The predicted molar refractivity (Wildman–Crippen MR) is 159 cm³/mol. The molecule has 36 heavy (non-hydrogen) atoms. The summed E-state index contributed by atoms with van der Waals surface area (Å²) in [7, 11) is -7.04. The average molecular weight is 553 g/mol. The Balaban J connectivity index is 7.15. The smallest absolute Gasteiger partial charge is 0.202 e. The van der Waals surface area contributed by atoms with Crippen LogP contribution in [0.15, 0.2) is 0 Å². The van der Waals surface area contributed by atoms with Crippen molar-refractivity contribution in [3.63, 3.8) is 0 Å². The van der Waals surface area contributed by atoms with Crippen molar-refractivity contribution >= 4 is 37.0 Å². The van der Waals surface area contributed by atoms with E-state index in [4.69, 9.17) is 13.3 Å². The Hall–Kier alpha value is -1.01. The van der Waals surface area contributed by atoms with Gasteiger partial charge in [0.2, 0.25) is 5.78 Å². The van der Waals surface area contributed by atoms with Gasteiger partial charge in [-0.3, -0.25) is 9.59 Å². The zero-order chi connectivity index (χ0) is 29.0. The lowest BCUT2D eigenvalue weighted by atomic mass is 10.1. The van der Waals surface area contributed by atoms with Gasteiger partial charge < -0.3 is 13.3 Å². The van der Waals surface area contributed by atoms with Crippen LogP contribution in [0.2, 0.25) is 54.4 Å². The maximum absolute atomic E-state index is 11.9. The molecule has 0 spiro atoms. The maximum Gasteiger partial charge on any atom is 0.202 e. The molecule has 0 aromatic heterocycles. The summed E-state index contributed by atoms with van der Waals surface area (Å²) in [6.45, 7) is 33.8. The summed E-state index contributed by atoms with van der Waals surface area (Å²) in [6.07, 6.45) is -1.58. The topological polar surface area (TPSA) is 61.8 Å². The summed E-state index contributed by atoms with van der Waals surface area (Å²) in [5, 5.41) is -0.272. The van der Waals surface area contributed by atoms with Crippen molar-refractivity contribution in [3.8, 4) is 23.7 Å². The largest absolute Gasteiger partial charge is 0.407 e. The van der Waals surface area contributed by atoms with Gasteiger partial charge in [-0.15, -0.1) is 0 Å². The molecule has 0 rings (SSSR count). The van der Waals surface area contributed by atoms with Gasteiger partial charge in [-0.1, -0.05) is 74.2 Å². The molecular weight excluding hydrogens is 501 g/mol. The molecule has 0 N–H and O–H groups in total. The molecule has 0 aliphatic heterocycles. The van der Waals surface area contributed by atoms with Crippen molar-refractivity contribution < 1.29 is 22.9 Å². The molecule has 5 nitrogen and oxygen atoms in total. The third kappa shape index (κ3) is 10.0. The lowest BCUT2D eigenvalue weighted by molar-refractivity contribution is -0.112. The maximum atomic E-state index is 11.9. The number of Topliss-reactive ketones (excluding diaryl/α,β-unsaturated/α-hetero) is 1. The predicted octanol–water partition coefficient (Wildman–Crippen LogP) is 6.95. The molecule has 0 aromatic rings. The highest BCUT2D eigenvalue weighted by Crippen LogP contribution is 2.42. The minimum Gasteiger partial charge on any atom is -0.407 e. The second-order valence-electron chi connectivity index (χ2n) is 14.2. The van der Waals surface area contributed by atoms with Gasteiger partial charge >= 0.3 is 0 Å². The first-order valence-corrected chi connectivity index (χ1v) is 21.5. The van der Waals surface area contributed by atoms with Crippen molar-refractivity contribution in [1.29, 1.82) is 0 Å². The Bertz CT molecular complexity index is 894. The van der Waals surface area contributed by atoms with E-state index in [1.807, 2.05) is 0 Å². The van der Waals surface area contributed by atoms with Crippen molar-refractivity contribution in [2.24, 2.45) is 0 Å². The van der Waals surface area contributed by atoms with Crippen molar-refractivity contribution in [2.75, 3.05) is 0 Å². The Kier molecular flexibility index (Phi) is 11.9. The summed E-state index contributed by atoms with van der Waals surface area (Å²) in [6, 6.07) is 0. The molecule has 8 heteroatoms. The molecule has 206 valence electrons. The van der Waals surface area contributed by atoms with Gasteiger partial charge in [0.1, 0.15) is 18.3 Å². The van der Waals surface area contributed by atoms with E-state index < -0.39 is 43.3 Å². The van der Waals surface area contributed by atoms with E-state index >= 15 is 0 Å². The van der Waals surface area contributed by atoms with E-state index in [1.165, 1.54) is 6.92 Å². The van der Waals surface area contributed by atoms with E-state index in [0.29, 0.717) is 6.29 Å². The Morgan fingerprint density at radius 2 is 1.00 bits per heavy atom. The molecule has 0 fully saturated rings. The van der Waals surface area contributed by atoms with Gasteiger partial charge in [-0.05, 0) is 66.2 Å². The van der Waals surface area contributed by atoms with E-state index in [9.17, 15) is 9.59 Å². The number of carbonyl (C=O) groups excluding carboxylic acids is 2. The molecule has 0 aliphatic carbocycles. The minimum absolute atomic E-state index is 0.0868. The Morgan fingerprint density at radius 3 is 1.31 bits per heavy atom. The fourth-order valence-corrected chi connectivity index (χ4v) is 6.08. The average Bonchev–Trinajstić information content (AvgIpc) is 2.63. The molecule has 0 saturated heterocycles. The van der Waals surface area contributed by atoms with Gasteiger partial charge in [-0.25, -0.2) is 0 Å². The first kappa shape index (κ1) is 35.0. The Labute approximate surface area is 225 Å². The zero-order valence-electron chi connectivity index (χ0n) is 25.9. The first-order valence-electron chi connectivity index (χ1n) is 12.8. The van der Waals surface area contributed by atoms with Gasteiger partial charge in [0.05, 0.1) is 0 Å². The van der Waals surface area contributed by atoms with E-state index in [-0.39, 0.29) is 20.9 Å². The first-order chi connectivity index (χ1) is 15.8. The molecule has 0 unspecified atom stereocenters. The third-order valence-electron chi connectivity index (χ3n) is 7.96. The monoisotopic (exact) mass is 552 g/mol. The van der Waals surface area contributed by atoms with Crippen molar-refractivity contribution in [2.45, 2.75) is 142 Å². The molecule has 0 saturated carbocycles. The highest BCUT2D eigenvalue weighted by atomic mass is 28.4. The number of ketones is 1. The third-order valence-corrected chi connectivity index (χ3v) is 21.3. The normalized spacial score (nSPS) is 16.1. The van der Waals surface area contributed by atoms with Crippen LogP contribution in [0.25, 0.3) is 0 Å². The number of hydrogen-bond acceptors (Lipinski definition) is 5. The van der Waals surface area contributed by atoms with Crippen LogP contribution in [-0.4, -0.2) is 55.3 Å². The van der Waals surface area contributed by atoms with Gasteiger partial charge in [0.15, 0.2) is 31.2 Å². The molecular formula is C28H52O5Si3. The van der Waals surface area contributed by atoms with E-state index in [2.05, 4.69) is 125 Å². The summed E-state index contributed by atoms with van der Waals surface area (Å²) in [5.41, 5.74) is 0. The molecule has 0 aromatic carbocycles. The van der Waals surface area contributed by atoms with Gasteiger partial charge in [-0.2, -0.15) is 0 Å². The van der Waals surface area contributed by atoms with Crippen LogP contribution >= 0.6 is 0 Å². The highest BCUT2D eigenvalue weighted by Gasteiger charge is 2.49. The van der Waals surface area contributed by atoms with Crippen LogP contribution in [0.5, 0.6) is 0 Å². The number of hydrogen-bond donors (Lipinski definition) is 0. The number of aldehydes is 1. The fourth-order valence-electron chi connectivity index (χ4n) is 2.43. The molecule has 3 atom stereocenters. The molecule has 0 radical (unpaired) electrons. The molecule has 0 heterocycles. The summed E-state index contributed by atoms with van der Waals surface area (Å²) in [4.78, 5) is 23.3. The second kappa shape index (κ2) is 12.2.